The van der Waals surface area contributed by atoms with Crippen molar-refractivity contribution in [3.63, 3.8) is 0 Å². The van der Waals surface area contributed by atoms with Crippen molar-refractivity contribution in [1.82, 2.24) is 4.90 Å². The van der Waals surface area contributed by atoms with Crippen LogP contribution in [0.1, 0.15) is 36.6 Å². The Balaban J connectivity index is 1.03. The molecule has 12 nitrogen and oxygen atoms in total. The molecule has 1 aliphatic heterocycles. The van der Waals surface area contributed by atoms with Crippen molar-refractivity contribution in [2.24, 2.45) is 20.5 Å². The SMILES string of the molecule is CON(c1ccccc1)c1cc2ccccc2c(N=Nc2ccc3c(c2)C(=O)c2cc(N=Nc4c(O)cc5c6c(cccc46)C(=O)N(C)C5=O)ccc2-3)c1O. The number of hydrogen-bond donors (Lipinski definition) is 2. The second kappa shape index (κ2) is 12.8. The molecule has 2 amide bonds. The molecule has 55 heavy (non-hydrogen) atoms. The number of para-hydroxylation sites is 1. The zero-order valence-electron chi connectivity index (χ0n) is 29.3. The molecule has 0 aromatic heterocycles. The number of phenols is 2. The largest absolute Gasteiger partial charge is 0.506 e. The van der Waals surface area contributed by atoms with E-state index in [4.69, 9.17) is 4.84 Å². The molecular weight excluding hydrogens is 697 g/mol. The predicted molar refractivity (Wildman–Crippen MR) is 207 cm³/mol. The van der Waals surface area contributed by atoms with Gasteiger partial charge in [0.05, 0.1) is 29.7 Å². The number of nitrogens with zero attached hydrogens (tertiary/aromatic N) is 6. The molecule has 0 bridgehead atoms. The van der Waals surface area contributed by atoms with Crippen LogP contribution in [0.4, 0.5) is 34.1 Å². The molecule has 2 N–H and O–H groups in total. The van der Waals surface area contributed by atoms with Crippen LogP contribution in [0.15, 0.2) is 142 Å². The van der Waals surface area contributed by atoms with E-state index in [1.807, 2.05) is 60.7 Å². The summed E-state index contributed by atoms with van der Waals surface area (Å²) in [5, 5.41) is 43.9. The summed E-state index contributed by atoms with van der Waals surface area (Å²) in [5.74, 6) is -1.61. The third-order valence-electron chi connectivity index (χ3n) is 9.87. The molecule has 0 saturated heterocycles. The predicted octanol–water partition coefficient (Wildman–Crippen LogP) is 10.4. The number of fused-ring (bicyclic) bond motifs is 4. The minimum atomic E-state index is -0.521. The lowest BCUT2D eigenvalue weighted by atomic mass is 9.93. The van der Waals surface area contributed by atoms with Crippen LogP contribution < -0.4 is 5.06 Å². The number of carbonyl (C=O) groups is 3. The Morgan fingerprint density at radius 2 is 1.20 bits per heavy atom. The maximum absolute atomic E-state index is 13.8. The van der Waals surface area contributed by atoms with E-state index >= 15 is 0 Å². The second-order valence-electron chi connectivity index (χ2n) is 13.0. The monoisotopic (exact) mass is 724 g/mol. The highest BCUT2D eigenvalue weighted by molar-refractivity contribution is 6.27. The molecule has 7 aromatic carbocycles. The minimum absolute atomic E-state index is 0.0928. The minimum Gasteiger partial charge on any atom is -0.506 e. The van der Waals surface area contributed by atoms with Crippen molar-refractivity contribution >= 4 is 73.3 Å². The highest BCUT2D eigenvalue weighted by Gasteiger charge is 2.32. The van der Waals surface area contributed by atoms with Crippen molar-refractivity contribution in [2.75, 3.05) is 19.2 Å². The highest BCUT2D eigenvalue weighted by atomic mass is 16.7. The highest BCUT2D eigenvalue weighted by Crippen LogP contribution is 2.47. The maximum Gasteiger partial charge on any atom is 0.261 e. The van der Waals surface area contributed by atoms with Crippen molar-refractivity contribution in [3.05, 3.63) is 144 Å². The summed E-state index contributed by atoms with van der Waals surface area (Å²) < 4.78 is 0. The number of benzene rings is 7. The summed E-state index contributed by atoms with van der Waals surface area (Å²) >= 11 is 0. The Morgan fingerprint density at radius 1 is 0.582 bits per heavy atom. The molecule has 0 fully saturated rings. The lowest BCUT2D eigenvalue weighted by Gasteiger charge is -2.24. The zero-order valence-corrected chi connectivity index (χ0v) is 29.3. The molecule has 0 unspecified atom stereocenters. The van der Waals surface area contributed by atoms with Gasteiger partial charge in [-0.2, -0.15) is 10.2 Å². The van der Waals surface area contributed by atoms with Crippen LogP contribution in [0.5, 0.6) is 11.5 Å². The Kier molecular flexibility index (Phi) is 7.76. The van der Waals surface area contributed by atoms with E-state index in [9.17, 15) is 24.6 Å². The van der Waals surface area contributed by atoms with E-state index in [1.165, 1.54) is 25.3 Å². The van der Waals surface area contributed by atoms with Crippen LogP contribution in [-0.4, -0.2) is 46.9 Å². The fourth-order valence-corrected chi connectivity index (χ4v) is 7.22. The lowest BCUT2D eigenvalue weighted by Crippen LogP contribution is -2.36. The molecule has 0 radical (unpaired) electrons. The van der Waals surface area contributed by atoms with Gasteiger partial charge in [0.25, 0.3) is 11.8 Å². The average molecular weight is 725 g/mol. The first-order valence-corrected chi connectivity index (χ1v) is 17.1. The van der Waals surface area contributed by atoms with Gasteiger partial charge in [-0.3, -0.25) is 24.1 Å². The third-order valence-corrected chi connectivity index (χ3v) is 9.87. The number of azo groups is 2. The summed E-state index contributed by atoms with van der Waals surface area (Å²) in [7, 11) is 2.91. The van der Waals surface area contributed by atoms with Gasteiger partial charge < -0.3 is 10.2 Å². The summed E-state index contributed by atoms with van der Waals surface area (Å²) in [6.07, 6.45) is 0. The number of ketones is 1. The standard InChI is InChI=1S/C43H28N6O6/c1-48-42(53)31-14-8-13-30-37(31)34(43(48)54)22-36(50)38(30)46-44-24-15-17-28-29-18-16-25(21-33(29)40(51)32(28)20-24)45-47-39-27-12-7-6-9-23(27)19-35(41(39)52)49(55-2)26-10-4-3-5-11-26/h3-22,50,52H,1-2H3. The number of phenolic OH excluding ortho intramolecular Hbond substituents is 2. The van der Waals surface area contributed by atoms with Crippen molar-refractivity contribution in [1.29, 1.82) is 0 Å². The topological polar surface area (TPSA) is 157 Å². The van der Waals surface area contributed by atoms with E-state index < -0.39 is 11.8 Å². The van der Waals surface area contributed by atoms with Crippen LogP contribution in [0.2, 0.25) is 0 Å². The molecular formula is C43H28N6O6. The zero-order chi connectivity index (χ0) is 38.0. The molecule has 0 atom stereocenters. The van der Waals surface area contributed by atoms with E-state index in [1.54, 1.807) is 54.6 Å². The number of carbonyl (C=O) groups excluding carboxylic acids is 3. The summed E-state index contributed by atoms with van der Waals surface area (Å²) in [4.78, 5) is 46.1. The van der Waals surface area contributed by atoms with Gasteiger partial charge in [-0.15, -0.1) is 10.2 Å². The number of aromatic hydroxyl groups is 2. The summed E-state index contributed by atoms with van der Waals surface area (Å²) in [5.41, 5.74) is 4.98. The summed E-state index contributed by atoms with van der Waals surface area (Å²) in [6.45, 7) is 0. The Morgan fingerprint density at radius 3 is 1.89 bits per heavy atom. The number of amides is 2. The fourth-order valence-electron chi connectivity index (χ4n) is 7.22. The average Bonchev–Trinajstić information content (AvgIpc) is 3.49. The van der Waals surface area contributed by atoms with Gasteiger partial charge in [0.1, 0.15) is 22.8 Å². The number of anilines is 2. The Labute approximate surface area is 312 Å². The van der Waals surface area contributed by atoms with E-state index in [-0.39, 0.29) is 34.2 Å². The first-order valence-electron chi connectivity index (χ1n) is 17.1. The van der Waals surface area contributed by atoms with Crippen molar-refractivity contribution in [3.8, 4) is 22.6 Å². The Hall–Kier alpha value is -7.57. The Bertz CT molecular complexity index is 2870. The van der Waals surface area contributed by atoms with E-state index in [0.717, 1.165) is 15.8 Å². The van der Waals surface area contributed by atoms with Gasteiger partial charge >= 0.3 is 0 Å². The third kappa shape index (κ3) is 5.31. The van der Waals surface area contributed by atoms with Crippen molar-refractivity contribution in [2.45, 2.75) is 0 Å². The maximum atomic E-state index is 13.8. The summed E-state index contributed by atoms with van der Waals surface area (Å²) in [6, 6.07) is 35.2. The van der Waals surface area contributed by atoms with Crippen LogP contribution in [0, 0.1) is 0 Å². The molecule has 0 spiro atoms. The second-order valence-corrected chi connectivity index (χ2v) is 13.0. The van der Waals surface area contributed by atoms with Gasteiger partial charge in [0.15, 0.2) is 11.5 Å². The van der Waals surface area contributed by atoms with Gasteiger partial charge in [0, 0.05) is 39.9 Å². The van der Waals surface area contributed by atoms with Gasteiger partial charge in [0.2, 0.25) is 0 Å². The number of hydrogen-bond acceptors (Lipinski definition) is 11. The van der Waals surface area contributed by atoms with Crippen LogP contribution in [0.25, 0.3) is 32.7 Å². The molecule has 0 saturated carbocycles. The van der Waals surface area contributed by atoms with Crippen LogP contribution in [-0.2, 0) is 4.84 Å². The first-order chi connectivity index (χ1) is 26.7. The quantitative estimate of drug-likeness (QED) is 0.0940. The van der Waals surface area contributed by atoms with E-state index in [2.05, 4.69) is 20.5 Å². The molecule has 7 aromatic rings. The normalized spacial score (nSPS) is 13.4. The van der Waals surface area contributed by atoms with Crippen LogP contribution >= 0.6 is 0 Å². The molecule has 12 heteroatoms. The van der Waals surface area contributed by atoms with Gasteiger partial charge in [-0.25, -0.2) is 5.06 Å². The lowest BCUT2D eigenvalue weighted by molar-refractivity contribution is 0.0650. The molecule has 2 aliphatic rings. The van der Waals surface area contributed by atoms with Crippen molar-refractivity contribution < 1.29 is 29.4 Å². The van der Waals surface area contributed by atoms with Gasteiger partial charge in [-0.05, 0) is 71.1 Å². The smallest absolute Gasteiger partial charge is 0.261 e. The molecule has 1 heterocycles. The number of rotatable bonds is 7. The first kappa shape index (κ1) is 33.3. The molecule has 9 rings (SSSR count). The molecule has 266 valence electrons. The fraction of sp³-hybridized carbons (Fsp3) is 0.0465. The van der Waals surface area contributed by atoms with Gasteiger partial charge in [-0.1, -0.05) is 66.7 Å². The number of imide groups is 1. The molecule has 1 aliphatic carbocycles. The van der Waals surface area contributed by atoms with Crippen LogP contribution in [0.3, 0.4) is 0 Å². The van der Waals surface area contributed by atoms with E-state index in [0.29, 0.717) is 61.2 Å².